The number of nitrogens with one attached hydrogen (secondary N) is 1. The van der Waals surface area contributed by atoms with E-state index in [2.05, 4.69) is 10.3 Å². The third-order valence-corrected chi connectivity index (χ3v) is 7.66. The molecule has 1 saturated heterocycles. The summed E-state index contributed by atoms with van der Waals surface area (Å²) in [6.07, 6.45) is 2.60. The third kappa shape index (κ3) is 6.56. The zero-order valence-corrected chi connectivity index (χ0v) is 23.0. The Morgan fingerprint density at radius 2 is 1.75 bits per heavy atom. The van der Waals surface area contributed by atoms with Crippen molar-refractivity contribution in [3.05, 3.63) is 59.7 Å². The molecular weight excluding hydrogens is 523 g/mol. The summed E-state index contributed by atoms with van der Waals surface area (Å²) < 4.78 is 41.9. The van der Waals surface area contributed by atoms with Crippen LogP contribution in [0.1, 0.15) is 76.5 Å². The van der Waals surface area contributed by atoms with Crippen LogP contribution in [0.15, 0.2) is 42.7 Å². The summed E-state index contributed by atoms with van der Waals surface area (Å²) in [4.78, 5) is 46.7. The fraction of sp³-hybridized carbons (Fsp3) is 0.517. The number of benzene rings is 1. The number of nitrogens with two attached hydrogens (primary N) is 1. The van der Waals surface area contributed by atoms with E-state index in [9.17, 15) is 27.6 Å². The number of urea groups is 1. The molecule has 1 aliphatic carbocycles. The average molecular weight is 560 g/mol. The standard InChI is InChI=1S/C29H36F3N5O3/c1-28(2,3)19-6-8-22(9-7-19)37(27(40)36-14-4-5-23(36)25(33)38)24(18-15-20(30)17-34-16-18)26(39)35-21-10-12-29(31,32)13-11-21/h6-9,15-17,21,23-24H,4-5,10-14H2,1-3H3,(H2,33,38)(H,35,39)/t23-,24?/m0/s1. The van der Waals surface area contributed by atoms with E-state index < -0.39 is 47.7 Å². The molecule has 2 atom stereocenters. The Labute approximate surface area is 232 Å². The number of hydrogen-bond acceptors (Lipinski definition) is 4. The van der Waals surface area contributed by atoms with Crippen LogP contribution in [0, 0.1) is 5.82 Å². The molecule has 2 aliphatic rings. The molecule has 4 amide bonds. The molecule has 1 saturated carbocycles. The highest BCUT2D eigenvalue weighted by Crippen LogP contribution is 2.36. The number of nitrogens with zero attached hydrogens (tertiary/aromatic N) is 3. The Morgan fingerprint density at radius 3 is 2.33 bits per heavy atom. The monoisotopic (exact) mass is 559 g/mol. The SMILES string of the molecule is CC(C)(C)c1ccc(N(C(=O)N2CCC[C@H]2C(N)=O)C(C(=O)NC2CCC(F)(F)CC2)c2cncc(F)c2)cc1. The Bertz CT molecular complexity index is 1240. The minimum absolute atomic E-state index is 0.0664. The zero-order valence-electron chi connectivity index (χ0n) is 23.0. The summed E-state index contributed by atoms with van der Waals surface area (Å²) in [7, 11) is 0. The van der Waals surface area contributed by atoms with Crippen molar-refractivity contribution in [2.24, 2.45) is 5.73 Å². The zero-order chi connectivity index (χ0) is 29.2. The van der Waals surface area contributed by atoms with Crippen molar-refractivity contribution in [2.45, 2.75) is 88.8 Å². The number of halogens is 3. The van der Waals surface area contributed by atoms with Crippen molar-refractivity contribution in [3.8, 4) is 0 Å². The van der Waals surface area contributed by atoms with Crippen LogP contribution in [0.4, 0.5) is 23.7 Å². The normalized spacial score (nSPS) is 20.1. The fourth-order valence-corrected chi connectivity index (χ4v) is 5.38. The Hall–Kier alpha value is -3.63. The molecule has 11 heteroatoms. The lowest BCUT2D eigenvalue weighted by molar-refractivity contribution is -0.124. The predicted octanol–water partition coefficient (Wildman–Crippen LogP) is 4.83. The number of carbonyl (C=O) groups is 3. The van der Waals surface area contributed by atoms with Gasteiger partial charge in [-0.1, -0.05) is 32.9 Å². The van der Waals surface area contributed by atoms with Gasteiger partial charge in [-0.3, -0.25) is 19.5 Å². The molecule has 4 rings (SSSR count). The topological polar surface area (TPSA) is 109 Å². The van der Waals surface area contributed by atoms with E-state index in [1.165, 1.54) is 16.0 Å². The lowest BCUT2D eigenvalue weighted by Gasteiger charge is -2.37. The molecule has 40 heavy (non-hydrogen) atoms. The van der Waals surface area contributed by atoms with Gasteiger partial charge in [0.05, 0.1) is 6.20 Å². The summed E-state index contributed by atoms with van der Waals surface area (Å²) in [5, 5.41) is 2.81. The molecule has 2 aromatic rings. The van der Waals surface area contributed by atoms with Crippen molar-refractivity contribution in [2.75, 3.05) is 11.4 Å². The van der Waals surface area contributed by atoms with Crippen molar-refractivity contribution in [3.63, 3.8) is 0 Å². The number of primary amides is 1. The van der Waals surface area contributed by atoms with Crippen LogP contribution in [-0.4, -0.2) is 52.3 Å². The molecular formula is C29H36F3N5O3. The number of pyridine rings is 1. The number of rotatable bonds is 6. The van der Waals surface area contributed by atoms with E-state index in [4.69, 9.17) is 5.73 Å². The maximum absolute atomic E-state index is 14.4. The number of alkyl halides is 2. The molecule has 0 spiro atoms. The van der Waals surface area contributed by atoms with Crippen LogP contribution in [0.25, 0.3) is 0 Å². The van der Waals surface area contributed by atoms with Crippen LogP contribution in [-0.2, 0) is 15.0 Å². The van der Waals surface area contributed by atoms with E-state index in [1.54, 1.807) is 12.1 Å². The predicted molar refractivity (Wildman–Crippen MR) is 144 cm³/mol. The third-order valence-electron chi connectivity index (χ3n) is 7.66. The van der Waals surface area contributed by atoms with E-state index >= 15 is 0 Å². The highest BCUT2D eigenvalue weighted by Gasteiger charge is 2.42. The van der Waals surface area contributed by atoms with Crippen LogP contribution in [0.2, 0.25) is 0 Å². The van der Waals surface area contributed by atoms with Gasteiger partial charge in [0.15, 0.2) is 0 Å². The molecule has 0 bridgehead atoms. The second-order valence-corrected chi connectivity index (χ2v) is 11.7. The molecule has 216 valence electrons. The number of hydrogen-bond donors (Lipinski definition) is 2. The van der Waals surface area contributed by atoms with Crippen LogP contribution in [0.3, 0.4) is 0 Å². The highest BCUT2D eigenvalue weighted by atomic mass is 19.3. The van der Waals surface area contributed by atoms with Crippen molar-refractivity contribution in [1.82, 2.24) is 15.2 Å². The van der Waals surface area contributed by atoms with Crippen LogP contribution >= 0.6 is 0 Å². The van der Waals surface area contributed by atoms with E-state index in [0.717, 1.165) is 17.8 Å². The Morgan fingerprint density at radius 1 is 1.10 bits per heavy atom. The van der Waals surface area contributed by atoms with Gasteiger partial charge in [-0.15, -0.1) is 0 Å². The first kappa shape index (κ1) is 29.4. The molecule has 0 radical (unpaired) electrons. The molecule has 1 unspecified atom stereocenters. The van der Waals surface area contributed by atoms with Crippen molar-refractivity contribution >= 4 is 23.5 Å². The van der Waals surface area contributed by atoms with Crippen molar-refractivity contribution in [1.29, 1.82) is 0 Å². The maximum atomic E-state index is 14.4. The first-order valence-electron chi connectivity index (χ1n) is 13.6. The number of anilines is 1. The van der Waals surface area contributed by atoms with Gasteiger partial charge in [0.2, 0.25) is 17.7 Å². The quantitative estimate of drug-likeness (QED) is 0.529. The minimum atomic E-state index is -2.79. The van der Waals surface area contributed by atoms with Gasteiger partial charge in [0, 0.05) is 42.9 Å². The summed E-state index contributed by atoms with van der Waals surface area (Å²) in [5.74, 6) is -4.82. The van der Waals surface area contributed by atoms with E-state index in [1.807, 2.05) is 32.9 Å². The minimum Gasteiger partial charge on any atom is -0.368 e. The molecule has 2 fully saturated rings. The van der Waals surface area contributed by atoms with Crippen molar-refractivity contribution < 1.29 is 27.6 Å². The van der Waals surface area contributed by atoms with E-state index in [0.29, 0.717) is 18.5 Å². The number of carbonyl (C=O) groups excluding carboxylic acids is 3. The molecule has 1 aromatic heterocycles. The lowest BCUT2D eigenvalue weighted by Crippen LogP contribution is -2.54. The molecule has 8 nitrogen and oxygen atoms in total. The average Bonchev–Trinajstić information content (AvgIpc) is 3.38. The Balaban J connectivity index is 1.78. The molecule has 1 aromatic carbocycles. The summed E-state index contributed by atoms with van der Waals surface area (Å²) >= 11 is 0. The Kier molecular flexibility index (Phi) is 8.41. The maximum Gasteiger partial charge on any atom is 0.326 e. The fourth-order valence-electron chi connectivity index (χ4n) is 5.38. The first-order chi connectivity index (χ1) is 18.8. The van der Waals surface area contributed by atoms with Gasteiger partial charge in [0.1, 0.15) is 17.9 Å². The van der Waals surface area contributed by atoms with Crippen LogP contribution < -0.4 is 16.0 Å². The van der Waals surface area contributed by atoms with Crippen LogP contribution in [0.5, 0.6) is 0 Å². The first-order valence-corrected chi connectivity index (χ1v) is 13.6. The second kappa shape index (κ2) is 11.5. The summed E-state index contributed by atoms with van der Waals surface area (Å²) in [6.45, 7) is 6.36. The molecule has 1 aliphatic heterocycles. The summed E-state index contributed by atoms with van der Waals surface area (Å²) in [5.41, 5.74) is 6.83. The van der Waals surface area contributed by atoms with Gasteiger partial charge in [-0.25, -0.2) is 18.0 Å². The lowest BCUT2D eigenvalue weighted by atomic mass is 9.87. The number of likely N-dealkylation sites (tertiary alicyclic amines) is 1. The smallest absolute Gasteiger partial charge is 0.326 e. The van der Waals surface area contributed by atoms with Gasteiger partial charge in [-0.2, -0.15) is 0 Å². The molecule has 2 heterocycles. The van der Waals surface area contributed by atoms with Gasteiger partial charge in [0.25, 0.3) is 0 Å². The molecule has 3 N–H and O–H groups in total. The van der Waals surface area contributed by atoms with Gasteiger partial charge in [-0.05, 0) is 54.9 Å². The van der Waals surface area contributed by atoms with Gasteiger partial charge < -0.3 is 16.0 Å². The summed E-state index contributed by atoms with van der Waals surface area (Å²) in [6, 6.07) is 4.74. The second-order valence-electron chi connectivity index (χ2n) is 11.7. The highest BCUT2D eigenvalue weighted by molar-refractivity contribution is 6.02. The largest absolute Gasteiger partial charge is 0.368 e. The number of amides is 4. The number of aromatic nitrogens is 1. The van der Waals surface area contributed by atoms with E-state index in [-0.39, 0.29) is 43.2 Å². The van der Waals surface area contributed by atoms with Gasteiger partial charge >= 0.3 is 6.03 Å².